The van der Waals surface area contributed by atoms with Crippen LogP contribution in [0.1, 0.15) is 26.3 Å². The lowest BCUT2D eigenvalue weighted by Gasteiger charge is -2.20. The van der Waals surface area contributed by atoms with Crippen LogP contribution >= 0.6 is 0 Å². The molecule has 1 aromatic rings. The van der Waals surface area contributed by atoms with Crippen molar-refractivity contribution in [3.8, 4) is 5.75 Å². The smallest absolute Gasteiger partial charge is 0.258 e. The molecule has 1 rings (SSSR count). The molecule has 118 valence electrons. The SMILES string of the molecule is COCC[NH2+]Cc1ccc(OCC(=O)NC(C)(C)C)cc1. The fourth-order valence-corrected chi connectivity index (χ4v) is 1.79. The van der Waals surface area contributed by atoms with Crippen LogP contribution in [0, 0.1) is 0 Å². The van der Waals surface area contributed by atoms with Crippen molar-refractivity contribution in [2.24, 2.45) is 0 Å². The molecule has 0 radical (unpaired) electrons. The fraction of sp³-hybridized carbons (Fsp3) is 0.562. The molecule has 0 unspecified atom stereocenters. The number of hydrogen-bond acceptors (Lipinski definition) is 3. The minimum Gasteiger partial charge on any atom is -0.484 e. The predicted molar refractivity (Wildman–Crippen MR) is 82.2 cm³/mol. The summed E-state index contributed by atoms with van der Waals surface area (Å²) in [7, 11) is 1.70. The summed E-state index contributed by atoms with van der Waals surface area (Å²) in [5.41, 5.74) is 0.986. The monoisotopic (exact) mass is 295 g/mol. The standard InChI is InChI=1S/C16H26N2O3/c1-16(2,3)18-15(19)12-21-14-7-5-13(6-8-14)11-17-9-10-20-4/h5-8,17H,9-12H2,1-4H3,(H,18,19)/p+1. The summed E-state index contributed by atoms with van der Waals surface area (Å²) in [5, 5.41) is 5.05. The van der Waals surface area contributed by atoms with Gasteiger partial charge >= 0.3 is 0 Å². The van der Waals surface area contributed by atoms with Crippen LogP contribution in [0.5, 0.6) is 5.75 Å². The minimum atomic E-state index is -0.234. The Morgan fingerprint density at radius 1 is 1.24 bits per heavy atom. The van der Waals surface area contributed by atoms with Gasteiger partial charge in [0, 0.05) is 18.2 Å². The third-order valence-electron chi connectivity index (χ3n) is 2.71. The van der Waals surface area contributed by atoms with Crippen LogP contribution in [0.3, 0.4) is 0 Å². The van der Waals surface area contributed by atoms with Gasteiger partial charge in [-0.2, -0.15) is 0 Å². The number of quaternary nitrogens is 1. The summed E-state index contributed by atoms with van der Waals surface area (Å²) >= 11 is 0. The summed E-state index contributed by atoms with van der Waals surface area (Å²) in [6.45, 7) is 8.48. The molecule has 5 nitrogen and oxygen atoms in total. The highest BCUT2D eigenvalue weighted by Gasteiger charge is 2.13. The van der Waals surface area contributed by atoms with Gasteiger partial charge in [0.2, 0.25) is 0 Å². The van der Waals surface area contributed by atoms with Crippen LogP contribution in [0.25, 0.3) is 0 Å². The van der Waals surface area contributed by atoms with Crippen LogP contribution in [0.4, 0.5) is 0 Å². The zero-order chi connectivity index (χ0) is 15.7. The largest absolute Gasteiger partial charge is 0.484 e. The van der Waals surface area contributed by atoms with Gasteiger partial charge in [0.05, 0.1) is 13.2 Å². The Hall–Kier alpha value is -1.59. The maximum absolute atomic E-state index is 11.6. The molecule has 0 heterocycles. The van der Waals surface area contributed by atoms with Crippen molar-refractivity contribution >= 4 is 5.91 Å². The average Bonchev–Trinajstić information content (AvgIpc) is 2.41. The van der Waals surface area contributed by atoms with Crippen LogP contribution in [-0.2, 0) is 16.1 Å². The van der Waals surface area contributed by atoms with Crippen LogP contribution < -0.4 is 15.4 Å². The third-order valence-corrected chi connectivity index (χ3v) is 2.71. The molecule has 1 amide bonds. The topological polar surface area (TPSA) is 64.2 Å². The molecule has 0 aliphatic heterocycles. The Balaban J connectivity index is 2.32. The second-order valence-corrected chi connectivity index (χ2v) is 6.01. The lowest BCUT2D eigenvalue weighted by Crippen LogP contribution is -2.83. The van der Waals surface area contributed by atoms with E-state index in [-0.39, 0.29) is 18.1 Å². The molecular weight excluding hydrogens is 268 g/mol. The summed E-state index contributed by atoms with van der Waals surface area (Å²) in [5.74, 6) is 0.596. The molecule has 21 heavy (non-hydrogen) atoms. The predicted octanol–water partition coefficient (Wildman–Crippen LogP) is 0.690. The second kappa shape index (κ2) is 8.64. The Labute approximate surface area is 127 Å². The fourth-order valence-electron chi connectivity index (χ4n) is 1.79. The molecular formula is C16H27N2O3+. The highest BCUT2D eigenvalue weighted by Crippen LogP contribution is 2.11. The maximum atomic E-state index is 11.6. The van der Waals surface area contributed by atoms with E-state index in [1.807, 2.05) is 45.0 Å². The first-order chi connectivity index (χ1) is 9.90. The van der Waals surface area contributed by atoms with Crippen molar-refractivity contribution in [1.82, 2.24) is 5.32 Å². The van der Waals surface area contributed by atoms with Crippen LogP contribution in [-0.4, -0.2) is 38.3 Å². The van der Waals surface area contributed by atoms with Gasteiger partial charge in [0.1, 0.15) is 12.3 Å². The summed E-state index contributed by atoms with van der Waals surface area (Å²) in [6.07, 6.45) is 0. The normalized spacial score (nSPS) is 11.2. The molecule has 0 aliphatic rings. The van der Waals surface area contributed by atoms with Crippen molar-refractivity contribution in [1.29, 1.82) is 0 Å². The second-order valence-electron chi connectivity index (χ2n) is 6.01. The number of carbonyl (C=O) groups is 1. The lowest BCUT2D eigenvalue weighted by molar-refractivity contribution is -0.671. The Bertz CT molecular complexity index is 424. The van der Waals surface area contributed by atoms with Gasteiger partial charge in [-0.05, 0) is 45.0 Å². The van der Waals surface area contributed by atoms with E-state index in [1.165, 1.54) is 5.56 Å². The van der Waals surface area contributed by atoms with Gasteiger partial charge in [-0.1, -0.05) is 0 Å². The van der Waals surface area contributed by atoms with Crippen molar-refractivity contribution in [2.45, 2.75) is 32.9 Å². The Morgan fingerprint density at radius 3 is 2.48 bits per heavy atom. The zero-order valence-corrected chi connectivity index (χ0v) is 13.4. The highest BCUT2D eigenvalue weighted by molar-refractivity contribution is 5.78. The lowest BCUT2D eigenvalue weighted by atomic mass is 10.1. The van der Waals surface area contributed by atoms with Crippen molar-refractivity contribution in [3.05, 3.63) is 29.8 Å². The van der Waals surface area contributed by atoms with E-state index in [1.54, 1.807) is 7.11 Å². The number of benzene rings is 1. The quantitative estimate of drug-likeness (QED) is 0.694. The number of methoxy groups -OCH3 is 1. The molecule has 0 atom stereocenters. The first kappa shape index (κ1) is 17.5. The first-order valence-corrected chi connectivity index (χ1v) is 7.24. The number of hydrogen-bond donors (Lipinski definition) is 2. The number of ether oxygens (including phenoxy) is 2. The van der Waals surface area contributed by atoms with Crippen molar-refractivity contribution < 1.29 is 19.6 Å². The van der Waals surface area contributed by atoms with E-state index in [0.717, 1.165) is 19.7 Å². The van der Waals surface area contributed by atoms with E-state index in [4.69, 9.17) is 9.47 Å². The van der Waals surface area contributed by atoms with Gasteiger partial charge in [-0.15, -0.1) is 0 Å². The molecule has 0 spiro atoms. The number of amides is 1. The molecule has 0 aromatic heterocycles. The maximum Gasteiger partial charge on any atom is 0.258 e. The number of nitrogens with one attached hydrogen (secondary N) is 1. The van der Waals surface area contributed by atoms with E-state index in [9.17, 15) is 4.79 Å². The molecule has 0 saturated carbocycles. The van der Waals surface area contributed by atoms with Gasteiger partial charge in [-0.25, -0.2) is 0 Å². The molecule has 0 fully saturated rings. The van der Waals surface area contributed by atoms with Crippen molar-refractivity contribution in [2.75, 3.05) is 26.9 Å². The summed E-state index contributed by atoms with van der Waals surface area (Å²) < 4.78 is 10.5. The van der Waals surface area contributed by atoms with E-state index >= 15 is 0 Å². The van der Waals surface area contributed by atoms with Gasteiger partial charge in [0.15, 0.2) is 6.61 Å². The van der Waals surface area contributed by atoms with E-state index in [0.29, 0.717) is 5.75 Å². The van der Waals surface area contributed by atoms with Gasteiger partial charge < -0.3 is 20.1 Å². The van der Waals surface area contributed by atoms with E-state index < -0.39 is 0 Å². The Kier molecular flexibility index (Phi) is 7.19. The first-order valence-electron chi connectivity index (χ1n) is 7.24. The zero-order valence-electron chi connectivity index (χ0n) is 13.4. The third kappa shape index (κ3) is 8.32. The highest BCUT2D eigenvalue weighted by atomic mass is 16.5. The molecule has 0 aliphatic carbocycles. The number of nitrogens with two attached hydrogens (primary N) is 1. The van der Waals surface area contributed by atoms with Crippen LogP contribution in [0.15, 0.2) is 24.3 Å². The van der Waals surface area contributed by atoms with E-state index in [2.05, 4.69) is 10.6 Å². The average molecular weight is 295 g/mol. The Morgan fingerprint density at radius 2 is 1.90 bits per heavy atom. The number of carbonyl (C=O) groups excluding carboxylic acids is 1. The molecule has 3 N–H and O–H groups in total. The summed E-state index contributed by atoms with van der Waals surface area (Å²) in [6, 6.07) is 7.81. The number of rotatable bonds is 8. The molecule has 0 saturated heterocycles. The van der Waals surface area contributed by atoms with Gasteiger partial charge in [0.25, 0.3) is 5.91 Å². The summed E-state index contributed by atoms with van der Waals surface area (Å²) in [4.78, 5) is 11.6. The van der Waals surface area contributed by atoms with Crippen molar-refractivity contribution in [3.63, 3.8) is 0 Å². The molecule has 1 aromatic carbocycles. The minimum absolute atomic E-state index is 0.0383. The van der Waals surface area contributed by atoms with Crippen LogP contribution in [0.2, 0.25) is 0 Å². The molecule has 0 bridgehead atoms. The van der Waals surface area contributed by atoms with Gasteiger partial charge in [-0.3, -0.25) is 4.79 Å². The molecule has 5 heteroatoms.